The maximum atomic E-state index is 12.9. The van der Waals surface area contributed by atoms with E-state index in [1.165, 1.54) is 23.8 Å². The Balaban J connectivity index is 2.00. The average Bonchev–Trinajstić information content (AvgIpc) is 2.66. The summed E-state index contributed by atoms with van der Waals surface area (Å²) in [5, 5.41) is 40.9. The van der Waals surface area contributed by atoms with Crippen LogP contribution in [-0.2, 0) is 6.42 Å². The number of aliphatic hydroxyl groups excluding tert-OH is 2. The smallest absolute Gasteiger partial charge is 0.174 e. The summed E-state index contributed by atoms with van der Waals surface area (Å²) in [4.78, 5) is 12.9. The number of ether oxygens (including phenoxy) is 1. The number of fused-ring (bicyclic) bond motifs is 1. The molecular formula is C25H30O6. The molecule has 1 aliphatic heterocycles. The van der Waals surface area contributed by atoms with Crippen molar-refractivity contribution in [3.8, 4) is 17.2 Å². The maximum absolute atomic E-state index is 12.9. The first-order valence-electron chi connectivity index (χ1n) is 10.4. The van der Waals surface area contributed by atoms with Crippen LogP contribution in [0.1, 0.15) is 49.5 Å². The number of allylic oxidation sites excluding steroid dienone is 4. The van der Waals surface area contributed by atoms with Gasteiger partial charge in [-0.15, -0.1) is 0 Å². The molecule has 4 N–H and O–H groups in total. The SMILES string of the molecule is C=C(C)C(CC=C(C)C)Cc1c(O)cc(O)c2c1O[C@H](C1C=CC(O)=CC1O)CC2=O. The van der Waals surface area contributed by atoms with Crippen molar-refractivity contribution in [1.82, 2.24) is 0 Å². The van der Waals surface area contributed by atoms with Crippen molar-refractivity contribution in [3.05, 3.63) is 65.0 Å². The highest BCUT2D eigenvalue weighted by Gasteiger charge is 2.39. The minimum atomic E-state index is -1.01. The molecule has 0 saturated carbocycles. The number of aromatic hydroxyl groups is 2. The van der Waals surface area contributed by atoms with Crippen LogP contribution in [0.4, 0.5) is 0 Å². The van der Waals surface area contributed by atoms with Crippen LogP contribution < -0.4 is 4.74 Å². The summed E-state index contributed by atoms with van der Waals surface area (Å²) >= 11 is 0. The zero-order valence-corrected chi connectivity index (χ0v) is 18.1. The van der Waals surface area contributed by atoms with E-state index >= 15 is 0 Å². The summed E-state index contributed by atoms with van der Waals surface area (Å²) in [7, 11) is 0. The Morgan fingerprint density at radius 1 is 1.26 bits per heavy atom. The van der Waals surface area contributed by atoms with Crippen molar-refractivity contribution >= 4 is 5.78 Å². The van der Waals surface area contributed by atoms with Gasteiger partial charge in [-0.25, -0.2) is 0 Å². The van der Waals surface area contributed by atoms with Crippen LogP contribution in [0.15, 0.2) is 53.9 Å². The van der Waals surface area contributed by atoms with Crippen LogP contribution in [0.3, 0.4) is 0 Å². The molecule has 2 aliphatic rings. The highest BCUT2D eigenvalue weighted by molar-refractivity contribution is 6.03. The van der Waals surface area contributed by atoms with Crippen LogP contribution in [-0.4, -0.2) is 38.4 Å². The average molecular weight is 427 g/mol. The first-order valence-corrected chi connectivity index (χ1v) is 10.4. The molecule has 3 unspecified atom stereocenters. The number of hydrogen-bond donors (Lipinski definition) is 4. The van der Waals surface area contributed by atoms with Gasteiger partial charge in [-0.2, -0.15) is 0 Å². The summed E-state index contributed by atoms with van der Waals surface area (Å²) in [6.07, 6.45) is 5.82. The predicted molar refractivity (Wildman–Crippen MR) is 119 cm³/mol. The van der Waals surface area contributed by atoms with Crippen LogP contribution in [0.25, 0.3) is 0 Å². The third-order valence-electron chi connectivity index (χ3n) is 5.89. The topological polar surface area (TPSA) is 107 Å². The summed E-state index contributed by atoms with van der Waals surface area (Å²) in [6.45, 7) is 10.0. The molecule has 166 valence electrons. The van der Waals surface area contributed by atoms with Gasteiger partial charge in [-0.1, -0.05) is 29.9 Å². The fourth-order valence-electron chi connectivity index (χ4n) is 4.05. The van der Waals surface area contributed by atoms with Gasteiger partial charge >= 0.3 is 0 Å². The molecule has 1 heterocycles. The van der Waals surface area contributed by atoms with Crippen LogP contribution in [0, 0.1) is 11.8 Å². The van der Waals surface area contributed by atoms with E-state index in [1.807, 2.05) is 20.8 Å². The number of benzene rings is 1. The normalized spacial score (nSPS) is 23.4. The highest BCUT2D eigenvalue weighted by Crippen LogP contribution is 2.45. The van der Waals surface area contributed by atoms with Crippen molar-refractivity contribution in [2.45, 2.75) is 52.2 Å². The van der Waals surface area contributed by atoms with Gasteiger partial charge in [0, 0.05) is 24.0 Å². The molecule has 0 saturated heterocycles. The van der Waals surface area contributed by atoms with Crippen molar-refractivity contribution in [2.75, 3.05) is 0 Å². The van der Waals surface area contributed by atoms with Crippen LogP contribution in [0.2, 0.25) is 0 Å². The van der Waals surface area contributed by atoms with Gasteiger partial charge in [0.1, 0.15) is 34.7 Å². The van der Waals surface area contributed by atoms with Gasteiger partial charge in [-0.3, -0.25) is 4.79 Å². The molecule has 0 radical (unpaired) electrons. The number of Topliss-reactive ketones (excluding diaryl/α,β-unsaturated/α-hetero) is 1. The zero-order valence-electron chi connectivity index (χ0n) is 18.1. The Morgan fingerprint density at radius 3 is 2.58 bits per heavy atom. The Labute approximate surface area is 182 Å². The van der Waals surface area contributed by atoms with Gasteiger partial charge < -0.3 is 25.2 Å². The molecule has 6 heteroatoms. The van der Waals surface area contributed by atoms with Gasteiger partial charge in [0.2, 0.25) is 0 Å². The Hall–Kier alpha value is -2.99. The first kappa shape index (κ1) is 22.7. The van der Waals surface area contributed by atoms with Crippen molar-refractivity contribution in [2.24, 2.45) is 11.8 Å². The molecule has 6 nitrogen and oxygen atoms in total. The zero-order chi connectivity index (χ0) is 22.9. The summed E-state index contributed by atoms with van der Waals surface area (Å²) in [6, 6.07) is 1.18. The lowest BCUT2D eigenvalue weighted by atomic mass is 9.83. The second kappa shape index (κ2) is 9.02. The molecule has 1 aliphatic carbocycles. The van der Waals surface area contributed by atoms with E-state index < -0.39 is 18.1 Å². The molecule has 1 aromatic rings. The third-order valence-corrected chi connectivity index (χ3v) is 5.89. The summed E-state index contributed by atoms with van der Waals surface area (Å²) < 4.78 is 6.14. The molecule has 31 heavy (non-hydrogen) atoms. The molecular weight excluding hydrogens is 396 g/mol. The molecule has 0 spiro atoms. The maximum Gasteiger partial charge on any atom is 0.174 e. The molecule has 0 fully saturated rings. The van der Waals surface area contributed by atoms with E-state index in [2.05, 4.69) is 12.7 Å². The number of phenols is 2. The second-order valence-electron chi connectivity index (χ2n) is 8.66. The van der Waals surface area contributed by atoms with Gasteiger partial charge in [0.05, 0.1) is 6.10 Å². The lowest BCUT2D eigenvalue weighted by Crippen LogP contribution is -2.39. The van der Waals surface area contributed by atoms with Crippen LogP contribution >= 0.6 is 0 Å². The fourth-order valence-corrected chi connectivity index (χ4v) is 4.05. The van der Waals surface area contributed by atoms with Gasteiger partial charge in [0.15, 0.2) is 5.78 Å². The quantitative estimate of drug-likeness (QED) is 0.499. The third kappa shape index (κ3) is 4.85. The van der Waals surface area contributed by atoms with E-state index in [0.717, 1.165) is 12.0 Å². The highest BCUT2D eigenvalue weighted by atomic mass is 16.5. The fraction of sp³-hybridized carbons (Fsp3) is 0.400. The standard InChI is InChI=1S/C25H30O6/c1-13(2)5-6-15(14(3)4)9-18-20(28)11-21(29)24-22(30)12-23(31-25(18)24)17-8-7-16(26)10-19(17)27/h5,7-8,10-11,15,17,19,23,26-29H,3,6,9,12H2,1-2,4H3/t15?,17?,19?,23-/m0/s1. The van der Waals surface area contributed by atoms with Gasteiger partial charge in [0.25, 0.3) is 0 Å². The van der Waals surface area contributed by atoms with Crippen LogP contribution in [0.5, 0.6) is 17.2 Å². The number of hydrogen-bond acceptors (Lipinski definition) is 6. The summed E-state index contributed by atoms with van der Waals surface area (Å²) in [5.74, 6) is -1.23. The molecule has 3 rings (SSSR count). The molecule has 0 bridgehead atoms. The Morgan fingerprint density at radius 2 is 1.97 bits per heavy atom. The molecule has 1 aromatic carbocycles. The van der Waals surface area contributed by atoms with E-state index in [4.69, 9.17) is 4.74 Å². The monoisotopic (exact) mass is 426 g/mol. The second-order valence-corrected chi connectivity index (χ2v) is 8.66. The number of phenolic OH excluding ortho intramolecular Hbond substituents is 2. The lowest BCUT2D eigenvalue weighted by molar-refractivity contribution is 0.0513. The predicted octanol–water partition coefficient (Wildman–Crippen LogP) is 4.51. The Bertz CT molecular complexity index is 980. The van der Waals surface area contributed by atoms with E-state index in [-0.39, 0.29) is 46.7 Å². The minimum absolute atomic E-state index is 0.00793. The number of rotatable bonds is 6. The lowest BCUT2D eigenvalue weighted by Gasteiger charge is -2.34. The molecule has 0 amide bonds. The molecule has 0 aromatic heterocycles. The number of carbonyl (C=O) groups excluding carboxylic acids is 1. The van der Waals surface area contributed by atoms with Gasteiger partial charge in [-0.05, 0) is 51.7 Å². The number of aliphatic hydroxyl groups is 2. The Kier molecular flexibility index (Phi) is 6.60. The summed E-state index contributed by atoms with van der Waals surface area (Å²) in [5.41, 5.74) is 2.60. The minimum Gasteiger partial charge on any atom is -0.508 e. The van der Waals surface area contributed by atoms with E-state index in [9.17, 15) is 25.2 Å². The van der Waals surface area contributed by atoms with Crippen molar-refractivity contribution in [3.63, 3.8) is 0 Å². The largest absolute Gasteiger partial charge is 0.508 e. The first-order chi connectivity index (χ1) is 14.6. The van der Waals surface area contributed by atoms with Crippen molar-refractivity contribution < 1.29 is 30.0 Å². The van der Waals surface area contributed by atoms with Crippen molar-refractivity contribution in [1.29, 1.82) is 0 Å². The molecule has 4 atom stereocenters. The van der Waals surface area contributed by atoms with E-state index in [0.29, 0.717) is 12.0 Å². The van der Waals surface area contributed by atoms with E-state index in [1.54, 1.807) is 6.08 Å². The number of ketones is 1. The number of carbonyl (C=O) groups is 1.